The van der Waals surface area contributed by atoms with E-state index in [9.17, 15) is 4.79 Å². The van der Waals surface area contributed by atoms with Gasteiger partial charge in [-0.25, -0.2) is 9.78 Å². The molecular formula is C34H67N5O4. The molecule has 9 nitrogen and oxygen atoms in total. The summed E-state index contributed by atoms with van der Waals surface area (Å²) in [5.41, 5.74) is 4.88. The summed E-state index contributed by atoms with van der Waals surface area (Å²) in [5, 5.41) is 4.10. The number of unbranched alkanes of at least 4 members (excludes halogenated alkanes) is 19. The van der Waals surface area contributed by atoms with Crippen LogP contribution in [-0.2, 0) is 20.8 Å². The first-order valence-electron chi connectivity index (χ1n) is 17.6. The Morgan fingerprint density at radius 3 is 1.84 bits per heavy atom. The molecule has 0 aliphatic heterocycles. The van der Waals surface area contributed by atoms with Gasteiger partial charge >= 0.3 is 6.09 Å². The lowest BCUT2D eigenvalue weighted by atomic mass is 10.0. The molecule has 2 N–H and O–H groups in total. The quantitative estimate of drug-likeness (QED) is 0.0871. The van der Waals surface area contributed by atoms with Crippen molar-refractivity contribution >= 4 is 12.0 Å². The maximum atomic E-state index is 12.5. The summed E-state index contributed by atoms with van der Waals surface area (Å²) < 4.78 is 18.8. The van der Waals surface area contributed by atoms with Crippen molar-refractivity contribution in [1.82, 2.24) is 19.7 Å². The van der Waals surface area contributed by atoms with Gasteiger partial charge < -0.3 is 24.8 Å². The second-order valence-electron chi connectivity index (χ2n) is 12.6. The Morgan fingerprint density at radius 2 is 1.33 bits per heavy atom. The maximum absolute atomic E-state index is 12.5. The van der Waals surface area contributed by atoms with Gasteiger partial charge in [0.05, 0.1) is 6.61 Å². The van der Waals surface area contributed by atoms with E-state index in [1.54, 1.807) is 23.0 Å². The number of aryl methyl sites for hydroxylation is 1. The van der Waals surface area contributed by atoms with E-state index in [1.165, 1.54) is 89.9 Å². The first-order valence-corrected chi connectivity index (χ1v) is 17.6. The van der Waals surface area contributed by atoms with Gasteiger partial charge in [-0.2, -0.15) is 0 Å². The Bertz CT molecular complexity index is 778. The van der Waals surface area contributed by atoms with Gasteiger partial charge in [0.1, 0.15) is 18.5 Å². The summed E-state index contributed by atoms with van der Waals surface area (Å²) in [5.74, 6) is 0.326. The fourth-order valence-corrected chi connectivity index (χ4v) is 5.19. The molecule has 0 bridgehead atoms. The predicted molar refractivity (Wildman–Crippen MR) is 177 cm³/mol. The van der Waals surface area contributed by atoms with Crippen LogP contribution >= 0.6 is 0 Å². The zero-order chi connectivity index (χ0) is 31.4. The summed E-state index contributed by atoms with van der Waals surface area (Å²) in [6, 6.07) is 0. The van der Waals surface area contributed by atoms with Crippen LogP contribution in [0.15, 0.2) is 6.33 Å². The standard InChI is InChI=1S/C34H67N5O4/c1-5-6-7-8-9-10-11-12-13-14-15-16-17-18-20-23-26-38(3)33(40)43-30-34(2,41-4)29-42-28-25-22-19-21-24-27-39-31-36-32(35)37-39/h31H,5-30H2,1-4H3,(H2,35,37). The van der Waals surface area contributed by atoms with Gasteiger partial charge in [-0.05, 0) is 26.2 Å². The fourth-order valence-electron chi connectivity index (χ4n) is 5.19. The van der Waals surface area contributed by atoms with Gasteiger partial charge in [-0.15, -0.1) is 5.10 Å². The van der Waals surface area contributed by atoms with Crippen molar-refractivity contribution in [3.63, 3.8) is 0 Å². The second kappa shape index (κ2) is 26.5. The molecule has 0 aliphatic rings. The van der Waals surface area contributed by atoms with Crippen molar-refractivity contribution in [3.05, 3.63) is 6.33 Å². The molecule has 0 saturated heterocycles. The van der Waals surface area contributed by atoms with Gasteiger partial charge in [-0.3, -0.25) is 4.68 Å². The largest absolute Gasteiger partial charge is 0.446 e. The van der Waals surface area contributed by atoms with Crippen molar-refractivity contribution in [3.8, 4) is 0 Å². The number of carbonyl (C=O) groups is 1. The summed E-state index contributed by atoms with van der Waals surface area (Å²) >= 11 is 0. The van der Waals surface area contributed by atoms with E-state index in [2.05, 4.69) is 17.0 Å². The first kappa shape index (κ1) is 39.2. The molecule has 0 aromatic carbocycles. The van der Waals surface area contributed by atoms with E-state index in [-0.39, 0.29) is 12.7 Å². The topological polar surface area (TPSA) is 105 Å². The number of nitrogens with two attached hydrogens (primary N) is 1. The summed E-state index contributed by atoms with van der Waals surface area (Å²) in [6.45, 7) is 7.03. The molecule has 1 amide bonds. The lowest BCUT2D eigenvalue weighted by molar-refractivity contribution is -0.0956. The average Bonchev–Trinajstić information content (AvgIpc) is 3.43. The second-order valence-corrected chi connectivity index (χ2v) is 12.6. The van der Waals surface area contributed by atoms with Crippen LogP contribution in [0.2, 0.25) is 0 Å². The summed E-state index contributed by atoms with van der Waals surface area (Å²) in [7, 11) is 3.45. The Kier molecular flexibility index (Phi) is 24.2. The molecule has 1 heterocycles. The minimum absolute atomic E-state index is 0.179. The zero-order valence-corrected chi connectivity index (χ0v) is 28.5. The lowest BCUT2D eigenvalue weighted by Crippen LogP contribution is -2.41. The van der Waals surface area contributed by atoms with E-state index in [4.69, 9.17) is 19.9 Å². The van der Waals surface area contributed by atoms with Crippen LogP contribution in [0.4, 0.5) is 10.7 Å². The number of methoxy groups -OCH3 is 1. The molecule has 1 aromatic heterocycles. The molecule has 252 valence electrons. The normalized spacial score (nSPS) is 12.8. The third-order valence-electron chi connectivity index (χ3n) is 8.29. The average molecular weight is 610 g/mol. The molecule has 0 radical (unpaired) electrons. The van der Waals surface area contributed by atoms with Gasteiger partial charge in [0.25, 0.3) is 0 Å². The highest BCUT2D eigenvalue weighted by Gasteiger charge is 2.27. The Labute approximate surface area is 264 Å². The van der Waals surface area contributed by atoms with E-state index in [0.29, 0.717) is 19.2 Å². The minimum Gasteiger partial charge on any atom is -0.446 e. The SMILES string of the molecule is CCCCCCCCCCCCCCCCCCN(C)C(=O)OCC(C)(COCCCCCCCn1cnc(N)n1)OC. The monoisotopic (exact) mass is 610 g/mol. The number of amides is 1. The minimum atomic E-state index is -0.648. The predicted octanol–water partition coefficient (Wildman–Crippen LogP) is 8.56. The maximum Gasteiger partial charge on any atom is 0.409 e. The molecule has 0 spiro atoms. The van der Waals surface area contributed by atoms with Gasteiger partial charge in [-0.1, -0.05) is 122 Å². The number of hydrogen-bond donors (Lipinski definition) is 1. The zero-order valence-electron chi connectivity index (χ0n) is 28.5. The Morgan fingerprint density at radius 1 is 0.814 bits per heavy atom. The molecule has 1 rings (SSSR count). The molecule has 1 atom stereocenters. The fraction of sp³-hybridized carbons (Fsp3) is 0.912. The highest BCUT2D eigenvalue weighted by atomic mass is 16.6. The van der Waals surface area contributed by atoms with Crippen LogP contribution in [0.3, 0.4) is 0 Å². The Hall–Kier alpha value is -1.87. The van der Waals surface area contributed by atoms with Crippen LogP contribution < -0.4 is 5.73 Å². The summed E-state index contributed by atoms with van der Waals surface area (Å²) in [4.78, 5) is 18.1. The number of nitrogens with zero attached hydrogens (tertiary/aromatic N) is 4. The first-order chi connectivity index (χ1) is 20.9. The van der Waals surface area contributed by atoms with Gasteiger partial charge in [0, 0.05) is 33.9 Å². The highest BCUT2D eigenvalue weighted by Crippen LogP contribution is 2.15. The summed E-state index contributed by atoms with van der Waals surface area (Å²) in [6.07, 6.45) is 28.4. The van der Waals surface area contributed by atoms with Crippen molar-refractivity contribution in [2.75, 3.05) is 46.3 Å². The molecule has 1 aromatic rings. The number of anilines is 1. The lowest BCUT2D eigenvalue weighted by Gasteiger charge is -2.28. The van der Waals surface area contributed by atoms with Crippen LogP contribution in [0.25, 0.3) is 0 Å². The molecule has 0 saturated carbocycles. The van der Waals surface area contributed by atoms with Crippen LogP contribution in [0.5, 0.6) is 0 Å². The van der Waals surface area contributed by atoms with Gasteiger partial charge in [0.15, 0.2) is 0 Å². The van der Waals surface area contributed by atoms with Crippen molar-refractivity contribution < 1.29 is 19.0 Å². The number of hydrogen-bond acceptors (Lipinski definition) is 7. The van der Waals surface area contributed by atoms with E-state index in [0.717, 1.165) is 58.0 Å². The van der Waals surface area contributed by atoms with Crippen LogP contribution in [0.1, 0.15) is 149 Å². The molecule has 0 fully saturated rings. The molecule has 9 heteroatoms. The van der Waals surface area contributed by atoms with Crippen molar-refractivity contribution in [2.24, 2.45) is 0 Å². The third-order valence-corrected chi connectivity index (χ3v) is 8.29. The number of nitrogen functional groups attached to an aromatic ring is 1. The molecular weight excluding hydrogens is 542 g/mol. The van der Waals surface area contributed by atoms with E-state index < -0.39 is 5.60 Å². The molecule has 1 unspecified atom stereocenters. The van der Waals surface area contributed by atoms with Crippen LogP contribution in [0, 0.1) is 0 Å². The number of carbonyl (C=O) groups excluding carboxylic acids is 1. The number of aromatic nitrogens is 3. The molecule has 43 heavy (non-hydrogen) atoms. The number of ether oxygens (including phenoxy) is 3. The third kappa shape index (κ3) is 22.3. The van der Waals surface area contributed by atoms with Gasteiger partial charge in [0.2, 0.25) is 5.95 Å². The number of rotatable bonds is 30. The van der Waals surface area contributed by atoms with Crippen LogP contribution in [-0.4, -0.2) is 71.9 Å². The smallest absolute Gasteiger partial charge is 0.409 e. The molecule has 0 aliphatic carbocycles. The van der Waals surface area contributed by atoms with Crippen molar-refractivity contribution in [2.45, 2.75) is 161 Å². The van der Waals surface area contributed by atoms with E-state index >= 15 is 0 Å². The Balaban J connectivity index is 1.94. The van der Waals surface area contributed by atoms with E-state index in [1.807, 2.05) is 14.0 Å². The highest BCUT2D eigenvalue weighted by molar-refractivity contribution is 5.67. The van der Waals surface area contributed by atoms with Crippen molar-refractivity contribution in [1.29, 1.82) is 0 Å².